The van der Waals surface area contributed by atoms with E-state index < -0.39 is 34.6 Å². The highest BCUT2D eigenvalue weighted by Gasteiger charge is 2.65. The highest BCUT2D eigenvalue weighted by Crippen LogP contribution is 2.62. The normalized spacial score (nSPS) is 23.0. The summed E-state index contributed by atoms with van der Waals surface area (Å²) < 4.78 is 34.5. The molecule has 0 spiro atoms. The molecular formula is C48H52FN3O10. The molecule has 13 nitrogen and oxygen atoms in total. The molecule has 2 aliphatic carbocycles. The number of rotatable bonds is 19. The van der Waals surface area contributed by atoms with Crippen LogP contribution in [0.15, 0.2) is 127 Å². The number of ether oxygens (including phenoxy) is 3. The number of carbonyl (C=O) groups excluding carboxylic acids is 1. The highest BCUT2D eigenvalue weighted by atomic mass is 19.1. The number of hydrogen-bond donors (Lipinski definition) is 3. The Morgan fingerprint density at radius 1 is 0.968 bits per heavy atom. The molecular weight excluding hydrogens is 798 g/mol. The Bertz CT molecular complexity index is 2240. The molecule has 7 rings (SSSR count). The van der Waals surface area contributed by atoms with Gasteiger partial charge in [-0.1, -0.05) is 72.6 Å². The number of nitro groups is 1. The van der Waals surface area contributed by atoms with E-state index in [9.17, 15) is 34.6 Å². The van der Waals surface area contributed by atoms with Crippen LogP contribution in [0, 0.1) is 33.7 Å². The number of aliphatic hydroxyl groups is 2. The van der Waals surface area contributed by atoms with E-state index in [4.69, 9.17) is 24.2 Å². The van der Waals surface area contributed by atoms with Crippen molar-refractivity contribution in [3.05, 3.63) is 154 Å². The van der Waals surface area contributed by atoms with E-state index in [1.54, 1.807) is 36.4 Å². The predicted molar refractivity (Wildman–Crippen MR) is 229 cm³/mol. The van der Waals surface area contributed by atoms with E-state index in [1.165, 1.54) is 41.3 Å². The number of unbranched alkanes of at least 4 members (excludes halogenated alkanes) is 2. The highest BCUT2D eigenvalue weighted by molar-refractivity contribution is 6.03. The van der Waals surface area contributed by atoms with Gasteiger partial charge in [-0.15, -0.1) is 6.58 Å². The second-order valence-corrected chi connectivity index (χ2v) is 15.9. The van der Waals surface area contributed by atoms with Crippen LogP contribution in [-0.4, -0.2) is 68.6 Å². The number of carbonyl (C=O) groups is 1. The number of non-ortho nitro benzene ring substituents is 1. The van der Waals surface area contributed by atoms with Gasteiger partial charge in [-0.2, -0.15) is 0 Å². The lowest BCUT2D eigenvalue weighted by Gasteiger charge is -2.59. The zero-order valence-corrected chi connectivity index (χ0v) is 34.4. The maximum Gasteiger partial charge on any atom is 0.416 e. The molecule has 0 bridgehead atoms. The number of phenolic OH excluding ortho intramolecular Hbond substituents is 1. The summed E-state index contributed by atoms with van der Waals surface area (Å²) >= 11 is 0. The summed E-state index contributed by atoms with van der Waals surface area (Å²) in [4.78, 5) is 33.4. The molecule has 0 radical (unpaired) electrons. The molecule has 4 aromatic carbocycles. The van der Waals surface area contributed by atoms with E-state index in [0.717, 1.165) is 29.5 Å². The number of hydrogen-bond acceptors (Lipinski definition) is 11. The number of amides is 1. The quantitative estimate of drug-likeness (QED) is 0.0358. The van der Waals surface area contributed by atoms with Crippen molar-refractivity contribution in [2.24, 2.45) is 22.9 Å². The molecule has 3 N–H and O–H groups in total. The van der Waals surface area contributed by atoms with E-state index in [1.807, 2.05) is 30.3 Å². The van der Waals surface area contributed by atoms with Crippen LogP contribution in [0.1, 0.15) is 67.6 Å². The zero-order chi connectivity index (χ0) is 43.6. The molecule has 326 valence electrons. The van der Waals surface area contributed by atoms with Crippen LogP contribution in [0.2, 0.25) is 0 Å². The van der Waals surface area contributed by atoms with E-state index in [0.29, 0.717) is 42.7 Å². The summed E-state index contributed by atoms with van der Waals surface area (Å²) in [6, 6.07) is 24.5. The van der Waals surface area contributed by atoms with E-state index >= 15 is 0 Å². The Hall–Kier alpha value is -6.09. The molecule has 4 aromatic rings. The largest absolute Gasteiger partial charge is 0.508 e. The lowest BCUT2D eigenvalue weighted by atomic mass is 9.55. The van der Waals surface area contributed by atoms with Gasteiger partial charge in [0.15, 0.2) is 0 Å². The minimum atomic E-state index is -1.65. The Kier molecular flexibility index (Phi) is 14.3. The molecule has 0 saturated heterocycles. The van der Waals surface area contributed by atoms with Gasteiger partial charge in [0.05, 0.1) is 23.2 Å². The fourth-order valence-corrected chi connectivity index (χ4v) is 9.30. The van der Waals surface area contributed by atoms with Crippen molar-refractivity contribution in [2.45, 2.75) is 75.8 Å². The summed E-state index contributed by atoms with van der Waals surface area (Å²) in [6.07, 6.45) is 7.13. The lowest BCUT2D eigenvalue weighted by molar-refractivity contribution is -0.384. The Morgan fingerprint density at radius 2 is 1.69 bits per heavy atom. The van der Waals surface area contributed by atoms with Crippen molar-refractivity contribution >= 4 is 17.5 Å². The van der Waals surface area contributed by atoms with Gasteiger partial charge in [0.25, 0.3) is 5.69 Å². The van der Waals surface area contributed by atoms with Crippen LogP contribution >= 0.6 is 0 Å². The van der Waals surface area contributed by atoms with E-state index in [-0.39, 0.29) is 74.3 Å². The molecule has 6 unspecified atom stereocenters. The minimum Gasteiger partial charge on any atom is -0.508 e. The van der Waals surface area contributed by atoms with Crippen LogP contribution in [0.3, 0.4) is 0 Å². The lowest BCUT2D eigenvalue weighted by Crippen LogP contribution is -2.70. The van der Waals surface area contributed by atoms with Crippen LogP contribution in [-0.2, 0) is 22.7 Å². The molecule has 0 aromatic heterocycles. The maximum atomic E-state index is 14.9. The number of halogens is 1. The summed E-state index contributed by atoms with van der Waals surface area (Å²) in [5.74, 6) is -2.70. The first kappa shape index (κ1) is 44.0. The summed E-state index contributed by atoms with van der Waals surface area (Å²) in [5.41, 5.74) is 3.37. The van der Waals surface area contributed by atoms with Gasteiger partial charge >= 0.3 is 6.09 Å². The van der Waals surface area contributed by atoms with Gasteiger partial charge in [0.2, 0.25) is 5.79 Å². The Balaban J connectivity index is 1.44. The van der Waals surface area contributed by atoms with Gasteiger partial charge in [-0.05, 0) is 96.7 Å². The third kappa shape index (κ3) is 9.67. The minimum absolute atomic E-state index is 0.00823. The van der Waals surface area contributed by atoms with Crippen LogP contribution < -0.4 is 9.47 Å². The van der Waals surface area contributed by atoms with Crippen LogP contribution in [0.25, 0.3) is 0 Å². The van der Waals surface area contributed by atoms with Crippen LogP contribution in [0.5, 0.6) is 17.2 Å². The number of allylic oxidation sites excluding steroid dienone is 1. The third-order valence-electron chi connectivity index (χ3n) is 12.0. The fraction of sp³-hybridized carbons (Fsp3) is 0.375. The van der Waals surface area contributed by atoms with Crippen molar-refractivity contribution in [3.8, 4) is 17.2 Å². The number of fused-ring (bicyclic) bond motifs is 2. The SMILES string of the molecule is C=CCOC12Oc3ccc(O)cc3C3C(CCCCO)C(CCCCO)C=C(C(=NOCc4ccccc4)CC1N(Cc1ccc(F)cc1)C(=O)Oc1ccc([N+](=O)[O-])cc1)C32. The average Bonchev–Trinajstić information content (AvgIpc) is 3.27. The van der Waals surface area contributed by atoms with Gasteiger partial charge in [0, 0.05) is 49.8 Å². The van der Waals surface area contributed by atoms with Gasteiger partial charge in [-0.25, -0.2) is 9.18 Å². The maximum absolute atomic E-state index is 14.9. The Morgan fingerprint density at radius 3 is 2.39 bits per heavy atom. The summed E-state index contributed by atoms with van der Waals surface area (Å²) in [6.45, 7) is 4.11. The van der Waals surface area contributed by atoms with Crippen molar-refractivity contribution in [2.75, 3.05) is 19.8 Å². The molecule has 1 saturated carbocycles. The van der Waals surface area contributed by atoms with Crippen molar-refractivity contribution in [1.82, 2.24) is 4.90 Å². The zero-order valence-electron chi connectivity index (χ0n) is 34.4. The second kappa shape index (κ2) is 20.2. The second-order valence-electron chi connectivity index (χ2n) is 15.9. The van der Waals surface area contributed by atoms with Crippen molar-refractivity contribution in [3.63, 3.8) is 0 Å². The third-order valence-corrected chi connectivity index (χ3v) is 12.0. The number of nitrogens with zero attached hydrogens (tertiary/aromatic N) is 3. The molecule has 14 heteroatoms. The topological polar surface area (TPSA) is 173 Å². The average molecular weight is 850 g/mol. The molecule has 1 heterocycles. The monoisotopic (exact) mass is 849 g/mol. The molecule has 6 atom stereocenters. The smallest absolute Gasteiger partial charge is 0.416 e. The first-order valence-corrected chi connectivity index (χ1v) is 21.1. The first-order valence-electron chi connectivity index (χ1n) is 21.1. The molecule has 1 aliphatic heterocycles. The van der Waals surface area contributed by atoms with E-state index in [2.05, 4.69) is 12.7 Å². The van der Waals surface area contributed by atoms with Crippen molar-refractivity contribution < 1.29 is 48.5 Å². The molecule has 1 amide bonds. The standard InChI is InChI=1S/C48H52FN3O10/c1-2-26-59-48-44(51(30-32-14-16-35(49)17-15-32)47(56)61-38-21-18-36(19-22-38)52(57)58)29-42(50-60-31-33-10-4-3-5-11-33)40-27-34(12-6-8-24-53)39(13-7-9-25-54)45(46(40)48)41-28-37(55)20-23-43(41)62-48/h2-5,10-11,14-23,27-28,34,39,44-46,53-55H,1,6-9,12-13,24-26,29-31H2. The fourth-order valence-electron chi connectivity index (χ4n) is 9.30. The summed E-state index contributed by atoms with van der Waals surface area (Å²) in [7, 11) is 0. The Labute approximate surface area is 359 Å². The molecule has 62 heavy (non-hydrogen) atoms. The number of oxime groups is 1. The molecule has 3 aliphatic rings. The number of aromatic hydroxyl groups is 1. The molecule has 1 fully saturated rings. The number of aliphatic hydroxyl groups excluding tert-OH is 2. The van der Waals surface area contributed by atoms with Crippen molar-refractivity contribution in [1.29, 1.82) is 0 Å². The predicted octanol–water partition coefficient (Wildman–Crippen LogP) is 8.97. The van der Waals surface area contributed by atoms with Gasteiger partial charge in [0.1, 0.15) is 35.7 Å². The van der Waals surface area contributed by atoms with Gasteiger partial charge < -0.3 is 34.4 Å². The number of phenols is 1. The van der Waals surface area contributed by atoms with Gasteiger partial charge in [-0.3, -0.25) is 15.0 Å². The number of nitro benzene ring substituents is 1. The number of benzene rings is 4. The van der Waals surface area contributed by atoms with Crippen LogP contribution in [0.4, 0.5) is 14.9 Å². The summed E-state index contributed by atoms with van der Waals surface area (Å²) in [5, 5.41) is 47.0. The first-order chi connectivity index (χ1) is 30.1.